The summed E-state index contributed by atoms with van der Waals surface area (Å²) in [5, 5.41) is 22.6. The number of rotatable bonds is 3. The summed E-state index contributed by atoms with van der Waals surface area (Å²) >= 11 is 0. The molecule has 2 aliphatic heterocycles. The van der Waals surface area contributed by atoms with Crippen LogP contribution in [0.25, 0.3) is 0 Å². The Labute approximate surface area is 120 Å². The number of oxime groups is 1. The standard InChI is InChI=1S/C12H15N5O4/c13-12(15-18)11-9(17(19)20)3-4-10(14-11)16-5-7-1-2-8(6-16)21-7/h3-4,7-8,18H,1-2,5-6H2,(H2,13,15). The number of aromatic nitrogens is 1. The van der Waals surface area contributed by atoms with E-state index in [1.54, 1.807) is 6.07 Å². The molecule has 2 aliphatic rings. The molecule has 9 heteroatoms. The number of nitrogens with two attached hydrogens (primary N) is 1. The fourth-order valence-electron chi connectivity index (χ4n) is 2.80. The Hall–Kier alpha value is -2.42. The molecule has 0 aliphatic carbocycles. The van der Waals surface area contributed by atoms with E-state index in [2.05, 4.69) is 10.1 Å². The smallest absolute Gasteiger partial charge is 0.298 e. The van der Waals surface area contributed by atoms with Crippen molar-refractivity contribution in [3.05, 3.63) is 27.9 Å². The molecule has 0 aromatic carbocycles. The van der Waals surface area contributed by atoms with Crippen LogP contribution in [0.5, 0.6) is 0 Å². The van der Waals surface area contributed by atoms with Crippen molar-refractivity contribution >= 4 is 17.3 Å². The van der Waals surface area contributed by atoms with Gasteiger partial charge in [-0.05, 0) is 18.9 Å². The van der Waals surface area contributed by atoms with Gasteiger partial charge in [0.15, 0.2) is 11.5 Å². The summed E-state index contributed by atoms with van der Waals surface area (Å²) in [5.41, 5.74) is 5.08. The van der Waals surface area contributed by atoms with E-state index in [-0.39, 0.29) is 29.4 Å². The lowest BCUT2D eigenvalue weighted by molar-refractivity contribution is -0.385. The number of nitrogens with zero attached hydrogens (tertiary/aromatic N) is 4. The Bertz CT molecular complexity index is 593. The fraction of sp³-hybridized carbons (Fsp3) is 0.500. The topological polar surface area (TPSA) is 127 Å². The lowest BCUT2D eigenvalue weighted by Crippen LogP contribution is -2.43. The minimum absolute atomic E-state index is 0.126. The van der Waals surface area contributed by atoms with Gasteiger partial charge in [-0.1, -0.05) is 5.16 Å². The predicted octanol–water partition coefficient (Wildman–Crippen LogP) is 0.452. The largest absolute Gasteiger partial charge is 0.409 e. The normalized spacial score (nSPS) is 25.1. The van der Waals surface area contributed by atoms with E-state index in [9.17, 15) is 10.1 Å². The van der Waals surface area contributed by atoms with Crippen LogP contribution in [-0.4, -0.2) is 46.2 Å². The molecule has 21 heavy (non-hydrogen) atoms. The number of pyridine rings is 1. The molecule has 0 amide bonds. The van der Waals surface area contributed by atoms with Gasteiger partial charge in [0, 0.05) is 19.2 Å². The van der Waals surface area contributed by atoms with Crippen molar-refractivity contribution in [2.24, 2.45) is 10.9 Å². The highest BCUT2D eigenvalue weighted by molar-refractivity contribution is 5.99. The van der Waals surface area contributed by atoms with Crippen molar-refractivity contribution in [3.8, 4) is 0 Å². The van der Waals surface area contributed by atoms with E-state index in [0.717, 1.165) is 12.8 Å². The van der Waals surface area contributed by atoms with Crippen LogP contribution in [0.15, 0.2) is 17.3 Å². The number of amidine groups is 1. The van der Waals surface area contributed by atoms with Crippen LogP contribution >= 0.6 is 0 Å². The second kappa shape index (κ2) is 5.17. The van der Waals surface area contributed by atoms with Gasteiger partial charge in [-0.15, -0.1) is 0 Å². The maximum atomic E-state index is 11.0. The van der Waals surface area contributed by atoms with Crippen molar-refractivity contribution in [2.75, 3.05) is 18.0 Å². The van der Waals surface area contributed by atoms with Gasteiger partial charge >= 0.3 is 0 Å². The van der Waals surface area contributed by atoms with Gasteiger partial charge in [0.05, 0.1) is 17.1 Å². The monoisotopic (exact) mass is 293 g/mol. The van der Waals surface area contributed by atoms with Gasteiger partial charge < -0.3 is 20.6 Å². The van der Waals surface area contributed by atoms with Crippen LogP contribution in [0.3, 0.4) is 0 Å². The number of hydrogen-bond donors (Lipinski definition) is 2. The van der Waals surface area contributed by atoms with E-state index in [1.807, 2.05) is 4.90 Å². The molecule has 1 aromatic rings. The highest BCUT2D eigenvalue weighted by Gasteiger charge is 2.34. The number of morpholine rings is 1. The summed E-state index contributed by atoms with van der Waals surface area (Å²) in [4.78, 5) is 16.6. The molecule has 2 bridgehead atoms. The summed E-state index contributed by atoms with van der Waals surface area (Å²) in [6.45, 7) is 1.38. The number of anilines is 1. The zero-order valence-electron chi connectivity index (χ0n) is 11.2. The average molecular weight is 293 g/mol. The number of hydrogen-bond acceptors (Lipinski definition) is 7. The second-order valence-corrected chi connectivity index (χ2v) is 5.14. The summed E-state index contributed by atoms with van der Waals surface area (Å²) in [7, 11) is 0. The molecule has 0 radical (unpaired) electrons. The Morgan fingerprint density at radius 3 is 2.71 bits per heavy atom. The molecule has 0 spiro atoms. The van der Waals surface area contributed by atoms with Crippen molar-refractivity contribution in [2.45, 2.75) is 25.0 Å². The van der Waals surface area contributed by atoms with Gasteiger partial charge in [0.25, 0.3) is 5.69 Å². The first-order chi connectivity index (χ1) is 10.1. The maximum Gasteiger partial charge on any atom is 0.298 e. The Balaban J connectivity index is 1.95. The van der Waals surface area contributed by atoms with Crippen molar-refractivity contribution in [1.82, 2.24) is 4.98 Å². The molecule has 0 saturated carbocycles. The number of nitro groups is 1. The first-order valence-corrected chi connectivity index (χ1v) is 6.62. The molecule has 2 fully saturated rings. The van der Waals surface area contributed by atoms with Crippen LogP contribution in [-0.2, 0) is 4.74 Å². The molecule has 2 saturated heterocycles. The zero-order valence-corrected chi connectivity index (χ0v) is 11.2. The minimum Gasteiger partial charge on any atom is -0.409 e. The summed E-state index contributed by atoms with van der Waals surface area (Å²) < 4.78 is 5.74. The third kappa shape index (κ3) is 2.47. The molecule has 9 nitrogen and oxygen atoms in total. The lowest BCUT2D eigenvalue weighted by atomic mass is 10.2. The quantitative estimate of drug-likeness (QED) is 0.272. The summed E-state index contributed by atoms with van der Waals surface area (Å²) in [6, 6.07) is 2.91. The molecular weight excluding hydrogens is 278 g/mol. The van der Waals surface area contributed by atoms with Crippen LogP contribution in [0.2, 0.25) is 0 Å². The molecule has 3 heterocycles. The van der Waals surface area contributed by atoms with E-state index < -0.39 is 4.92 Å². The van der Waals surface area contributed by atoms with Gasteiger partial charge in [0.2, 0.25) is 0 Å². The van der Waals surface area contributed by atoms with Crippen molar-refractivity contribution in [3.63, 3.8) is 0 Å². The number of fused-ring (bicyclic) bond motifs is 2. The van der Waals surface area contributed by atoms with E-state index in [0.29, 0.717) is 18.9 Å². The van der Waals surface area contributed by atoms with E-state index >= 15 is 0 Å². The molecule has 3 rings (SSSR count). The highest BCUT2D eigenvalue weighted by Crippen LogP contribution is 2.30. The zero-order chi connectivity index (χ0) is 15.0. The second-order valence-electron chi connectivity index (χ2n) is 5.14. The van der Waals surface area contributed by atoms with Crippen molar-refractivity contribution < 1.29 is 14.9 Å². The SMILES string of the molecule is N/C(=N/O)c1nc(N2CC3CCC(C2)O3)ccc1[N+](=O)[O-]. The van der Waals surface area contributed by atoms with E-state index in [4.69, 9.17) is 15.7 Å². The van der Waals surface area contributed by atoms with Gasteiger partial charge in [-0.3, -0.25) is 10.1 Å². The van der Waals surface area contributed by atoms with Crippen LogP contribution in [0, 0.1) is 10.1 Å². The van der Waals surface area contributed by atoms with Gasteiger partial charge in [-0.2, -0.15) is 0 Å². The minimum atomic E-state index is -0.604. The average Bonchev–Trinajstić information content (AvgIpc) is 2.84. The van der Waals surface area contributed by atoms with Crippen LogP contribution in [0.1, 0.15) is 18.5 Å². The van der Waals surface area contributed by atoms with Gasteiger partial charge in [-0.25, -0.2) is 4.98 Å². The molecular formula is C12H15N5O4. The van der Waals surface area contributed by atoms with Gasteiger partial charge in [0.1, 0.15) is 5.82 Å². The Kier molecular flexibility index (Phi) is 3.34. The number of ether oxygens (including phenoxy) is 1. The molecule has 2 unspecified atom stereocenters. The third-order valence-corrected chi connectivity index (χ3v) is 3.77. The fourth-order valence-corrected chi connectivity index (χ4v) is 2.80. The summed E-state index contributed by atoms with van der Waals surface area (Å²) in [5.74, 6) is 0.196. The molecule has 2 atom stereocenters. The molecule has 112 valence electrons. The van der Waals surface area contributed by atoms with Crippen LogP contribution in [0.4, 0.5) is 11.5 Å². The first-order valence-electron chi connectivity index (χ1n) is 6.62. The third-order valence-electron chi connectivity index (χ3n) is 3.77. The Morgan fingerprint density at radius 2 is 2.14 bits per heavy atom. The first kappa shape index (κ1) is 13.6. The predicted molar refractivity (Wildman–Crippen MR) is 73.5 cm³/mol. The van der Waals surface area contributed by atoms with Crippen LogP contribution < -0.4 is 10.6 Å². The summed E-state index contributed by atoms with van der Waals surface area (Å²) in [6.07, 6.45) is 2.38. The molecule has 3 N–H and O–H groups in total. The molecule has 1 aromatic heterocycles. The highest BCUT2D eigenvalue weighted by atomic mass is 16.6. The van der Waals surface area contributed by atoms with Crippen molar-refractivity contribution in [1.29, 1.82) is 0 Å². The maximum absolute atomic E-state index is 11.0. The Morgan fingerprint density at radius 1 is 1.48 bits per heavy atom. The van der Waals surface area contributed by atoms with E-state index in [1.165, 1.54) is 6.07 Å². The lowest BCUT2D eigenvalue weighted by Gasteiger charge is -2.33.